The lowest BCUT2D eigenvalue weighted by atomic mass is 10.1. The number of aliphatic imine (C=N–C) groups is 1. The van der Waals surface area contributed by atoms with Gasteiger partial charge in [-0.2, -0.15) is 0 Å². The van der Waals surface area contributed by atoms with Crippen molar-refractivity contribution in [2.75, 3.05) is 19.8 Å². The predicted molar refractivity (Wildman–Crippen MR) is 59.5 cm³/mol. The Morgan fingerprint density at radius 3 is 2.71 bits per heavy atom. The van der Waals surface area contributed by atoms with Crippen LogP contribution in [0.2, 0.25) is 0 Å². The van der Waals surface area contributed by atoms with Crippen LogP contribution >= 0.6 is 0 Å². The molecule has 3 nitrogen and oxygen atoms in total. The van der Waals surface area contributed by atoms with Gasteiger partial charge in [-0.05, 0) is 25.2 Å². The molecule has 1 fully saturated rings. The Kier molecular flexibility index (Phi) is 4.94. The van der Waals surface area contributed by atoms with Gasteiger partial charge in [0.2, 0.25) is 0 Å². The van der Waals surface area contributed by atoms with Crippen molar-refractivity contribution in [3.05, 3.63) is 0 Å². The lowest BCUT2D eigenvalue weighted by molar-refractivity contribution is 0.130. The molecule has 0 saturated heterocycles. The van der Waals surface area contributed by atoms with Gasteiger partial charge in [-0.25, -0.2) is 0 Å². The van der Waals surface area contributed by atoms with E-state index in [0.29, 0.717) is 12.5 Å². The van der Waals surface area contributed by atoms with E-state index in [2.05, 4.69) is 18.8 Å². The van der Waals surface area contributed by atoms with E-state index >= 15 is 0 Å². The summed E-state index contributed by atoms with van der Waals surface area (Å²) in [5.74, 6) is 2.14. The van der Waals surface area contributed by atoms with Crippen molar-refractivity contribution in [3.63, 3.8) is 0 Å². The molecule has 1 aliphatic rings. The highest BCUT2D eigenvalue weighted by Crippen LogP contribution is 2.28. The second-order valence-electron chi connectivity index (χ2n) is 4.38. The van der Waals surface area contributed by atoms with E-state index in [1.807, 2.05) is 0 Å². The lowest BCUT2D eigenvalue weighted by Gasteiger charge is -2.04. The molecule has 0 unspecified atom stereocenters. The molecule has 1 rings (SSSR count). The van der Waals surface area contributed by atoms with Gasteiger partial charge in [0.15, 0.2) is 0 Å². The van der Waals surface area contributed by atoms with Crippen molar-refractivity contribution in [2.24, 2.45) is 22.6 Å². The fourth-order valence-corrected chi connectivity index (χ4v) is 1.17. The molecule has 0 heterocycles. The normalized spacial score (nSPS) is 17.8. The van der Waals surface area contributed by atoms with Gasteiger partial charge in [0.05, 0.1) is 19.0 Å². The van der Waals surface area contributed by atoms with Crippen molar-refractivity contribution in [1.82, 2.24) is 0 Å². The molecule has 14 heavy (non-hydrogen) atoms. The van der Waals surface area contributed by atoms with Crippen LogP contribution in [0.1, 0.15) is 33.1 Å². The van der Waals surface area contributed by atoms with Crippen LogP contribution in [-0.4, -0.2) is 25.6 Å². The van der Waals surface area contributed by atoms with Crippen LogP contribution < -0.4 is 5.73 Å². The predicted octanol–water partition coefficient (Wildman–Crippen LogP) is 1.82. The molecule has 0 spiro atoms. The van der Waals surface area contributed by atoms with E-state index in [9.17, 15) is 0 Å². The Morgan fingerprint density at radius 1 is 1.43 bits per heavy atom. The first-order chi connectivity index (χ1) is 6.70. The first kappa shape index (κ1) is 11.5. The van der Waals surface area contributed by atoms with Crippen molar-refractivity contribution in [2.45, 2.75) is 33.1 Å². The molecule has 0 aromatic rings. The van der Waals surface area contributed by atoms with E-state index < -0.39 is 0 Å². The highest BCUT2D eigenvalue weighted by molar-refractivity contribution is 5.84. The first-order valence-corrected chi connectivity index (χ1v) is 5.57. The van der Waals surface area contributed by atoms with Crippen LogP contribution in [0, 0.1) is 11.8 Å². The Bertz CT molecular complexity index is 186. The zero-order valence-electron chi connectivity index (χ0n) is 9.33. The third-order valence-corrected chi connectivity index (χ3v) is 2.37. The van der Waals surface area contributed by atoms with Crippen LogP contribution in [0.3, 0.4) is 0 Å². The third-order valence-electron chi connectivity index (χ3n) is 2.37. The maximum absolute atomic E-state index is 5.74. The van der Waals surface area contributed by atoms with E-state index in [-0.39, 0.29) is 0 Å². The molecule has 82 valence electrons. The fraction of sp³-hybridized carbons (Fsp3) is 0.909. The summed E-state index contributed by atoms with van der Waals surface area (Å²) in [6.07, 6.45) is 3.58. The summed E-state index contributed by atoms with van der Waals surface area (Å²) in [6, 6.07) is 0. The average Bonchev–Trinajstić information content (AvgIpc) is 2.92. The van der Waals surface area contributed by atoms with E-state index in [1.165, 1.54) is 12.8 Å². The van der Waals surface area contributed by atoms with Crippen LogP contribution in [-0.2, 0) is 4.74 Å². The Labute approximate surface area is 86.7 Å². The van der Waals surface area contributed by atoms with Crippen LogP contribution in [0.5, 0.6) is 0 Å². The summed E-state index contributed by atoms with van der Waals surface area (Å²) in [5.41, 5.74) is 5.74. The second kappa shape index (κ2) is 6.02. The summed E-state index contributed by atoms with van der Waals surface area (Å²) in [5, 5.41) is 0. The molecule has 1 saturated carbocycles. The van der Waals surface area contributed by atoms with Crippen LogP contribution in [0.15, 0.2) is 4.99 Å². The third kappa shape index (κ3) is 5.22. The molecule has 0 bridgehead atoms. The summed E-state index contributed by atoms with van der Waals surface area (Å²) in [7, 11) is 0. The van der Waals surface area contributed by atoms with Gasteiger partial charge < -0.3 is 10.5 Å². The Balaban J connectivity index is 1.90. The van der Waals surface area contributed by atoms with Crippen molar-refractivity contribution >= 4 is 5.84 Å². The maximum atomic E-state index is 5.74. The van der Waals surface area contributed by atoms with Crippen molar-refractivity contribution in [3.8, 4) is 0 Å². The van der Waals surface area contributed by atoms with Crippen LogP contribution in [0.4, 0.5) is 0 Å². The SMILES string of the molecule is CC(C)CCOCCN=C(N)C1CC1. The standard InChI is InChI=1S/C11H22N2O/c1-9(2)5-7-14-8-6-13-11(12)10-3-4-10/h9-10H,3-8H2,1-2H3,(H2,12,13). The molecule has 0 radical (unpaired) electrons. The Hall–Kier alpha value is -0.570. The molecular formula is C11H22N2O. The fourth-order valence-electron chi connectivity index (χ4n) is 1.17. The lowest BCUT2D eigenvalue weighted by Crippen LogP contribution is -2.15. The molecule has 0 aromatic heterocycles. The van der Waals surface area contributed by atoms with E-state index in [0.717, 1.165) is 31.3 Å². The molecule has 2 N–H and O–H groups in total. The highest BCUT2D eigenvalue weighted by atomic mass is 16.5. The second-order valence-corrected chi connectivity index (χ2v) is 4.38. The van der Waals surface area contributed by atoms with Gasteiger partial charge in [-0.1, -0.05) is 13.8 Å². The van der Waals surface area contributed by atoms with Crippen molar-refractivity contribution < 1.29 is 4.74 Å². The molecule has 0 aromatic carbocycles. The van der Waals surface area contributed by atoms with Crippen molar-refractivity contribution in [1.29, 1.82) is 0 Å². The van der Waals surface area contributed by atoms with Gasteiger partial charge in [0.25, 0.3) is 0 Å². The highest BCUT2D eigenvalue weighted by Gasteiger charge is 2.24. The zero-order chi connectivity index (χ0) is 10.4. The minimum absolute atomic E-state index is 0.589. The number of hydrogen-bond acceptors (Lipinski definition) is 2. The van der Waals surface area contributed by atoms with Crippen LogP contribution in [0.25, 0.3) is 0 Å². The van der Waals surface area contributed by atoms with Gasteiger partial charge in [0, 0.05) is 12.5 Å². The number of nitrogens with two attached hydrogens (primary N) is 1. The first-order valence-electron chi connectivity index (χ1n) is 5.57. The zero-order valence-corrected chi connectivity index (χ0v) is 9.33. The van der Waals surface area contributed by atoms with E-state index in [1.54, 1.807) is 0 Å². The van der Waals surface area contributed by atoms with Gasteiger partial charge in [-0.15, -0.1) is 0 Å². The number of amidine groups is 1. The minimum Gasteiger partial charge on any atom is -0.387 e. The average molecular weight is 198 g/mol. The largest absolute Gasteiger partial charge is 0.387 e. The maximum Gasteiger partial charge on any atom is 0.0969 e. The molecule has 3 heteroatoms. The summed E-state index contributed by atoms with van der Waals surface area (Å²) >= 11 is 0. The molecule has 0 amide bonds. The number of hydrogen-bond donors (Lipinski definition) is 1. The summed E-state index contributed by atoms with van der Waals surface area (Å²) < 4.78 is 5.43. The monoisotopic (exact) mass is 198 g/mol. The molecule has 0 aliphatic heterocycles. The minimum atomic E-state index is 0.589. The topological polar surface area (TPSA) is 47.6 Å². The quantitative estimate of drug-likeness (QED) is 0.385. The Morgan fingerprint density at radius 2 is 2.14 bits per heavy atom. The number of rotatable bonds is 7. The molecule has 0 atom stereocenters. The van der Waals surface area contributed by atoms with Gasteiger partial charge in [-0.3, -0.25) is 4.99 Å². The summed E-state index contributed by atoms with van der Waals surface area (Å²) in [4.78, 5) is 4.27. The van der Waals surface area contributed by atoms with Gasteiger partial charge >= 0.3 is 0 Å². The number of nitrogens with zero attached hydrogens (tertiary/aromatic N) is 1. The van der Waals surface area contributed by atoms with Gasteiger partial charge in [0.1, 0.15) is 0 Å². The smallest absolute Gasteiger partial charge is 0.0969 e. The number of ether oxygens (including phenoxy) is 1. The molecular weight excluding hydrogens is 176 g/mol. The summed E-state index contributed by atoms with van der Waals surface area (Å²) in [6.45, 7) is 6.68. The van der Waals surface area contributed by atoms with E-state index in [4.69, 9.17) is 10.5 Å². The molecule has 1 aliphatic carbocycles.